The van der Waals surface area contributed by atoms with E-state index in [1.165, 1.54) is 23.2 Å². The molecule has 1 unspecified atom stereocenters. The Bertz CT molecular complexity index is 469. The molecule has 2 rings (SSSR count). The molecule has 0 aliphatic carbocycles. The number of nitrogens with zero attached hydrogens (tertiary/aromatic N) is 2. The number of carbonyl (C=O) groups excluding carboxylic acids is 1. The molecule has 1 aromatic rings. The van der Waals surface area contributed by atoms with Gasteiger partial charge in [0.05, 0.1) is 5.56 Å². The molecule has 6 nitrogen and oxygen atoms in total. The Morgan fingerprint density at radius 2 is 2.33 bits per heavy atom. The number of carbonyl (C=O) groups is 2. The lowest BCUT2D eigenvalue weighted by Crippen LogP contribution is -2.36. The topological polar surface area (TPSA) is 79.7 Å². The maximum Gasteiger partial charge on any atom is 0.335 e. The summed E-state index contributed by atoms with van der Waals surface area (Å²) in [6, 6.07) is 2.76. The van der Waals surface area contributed by atoms with Gasteiger partial charge in [0, 0.05) is 19.9 Å². The molecule has 0 aromatic carbocycles. The summed E-state index contributed by atoms with van der Waals surface area (Å²) in [5.41, 5.74) is 0.104. The van der Waals surface area contributed by atoms with E-state index in [0.717, 1.165) is 6.42 Å². The van der Waals surface area contributed by atoms with Gasteiger partial charge in [0.2, 0.25) is 0 Å². The summed E-state index contributed by atoms with van der Waals surface area (Å²) in [4.78, 5) is 28.2. The lowest BCUT2D eigenvalue weighted by molar-refractivity contribution is -0.127. The Kier molecular flexibility index (Phi) is 3.57. The molecule has 18 heavy (non-hydrogen) atoms. The predicted molar refractivity (Wildman–Crippen MR) is 63.6 cm³/mol. The third-order valence-corrected chi connectivity index (χ3v) is 2.87. The number of amides is 1. The van der Waals surface area contributed by atoms with Gasteiger partial charge in [-0.05, 0) is 25.0 Å². The molecule has 1 atom stereocenters. The van der Waals surface area contributed by atoms with Crippen molar-refractivity contribution in [2.45, 2.75) is 18.9 Å². The zero-order valence-electron chi connectivity index (χ0n) is 10.00. The van der Waals surface area contributed by atoms with E-state index in [2.05, 4.69) is 4.98 Å². The number of hydrogen-bond acceptors (Lipinski definition) is 4. The van der Waals surface area contributed by atoms with Gasteiger partial charge in [-0.25, -0.2) is 9.78 Å². The SMILES string of the molecule is CN(C(=O)C1CCCO1)c1cc(C(=O)O)ccn1. The summed E-state index contributed by atoms with van der Waals surface area (Å²) in [7, 11) is 1.57. The van der Waals surface area contributed by atoms with Crippen molar-refractivity contribution in [3.63, 3.8) is 0 Å². The van der Waals surface area contributed by atoms with E-state index < -0.39 is 12.1 Å². The van der Waals surface area contributed by atoms with Crippen LogP contribution in [0.4, 0.5) is 5.82 Å². The van der Waals surface area contributed by atoms with Crippen LogP contribution in [0.3, 0.4) is 0 Å². The zero-order chi connectivity index (χ0) is 13.1. The summed E-state index contributed by atoms with van der Waals surface area (Å²) in [5, 5.41) is 8.89. The molecule has 1 N–H and O–H groups in total. The maximum atomic E-state index is 12.0. The van der Waals surface area contributed by atoms with Crippen LogP contribution in [0.2, 0.25) is 0 Å². The molecule has 96 valence electrons. The van der Waals surface area contributed by atoms with E-state index in [0.29, 0.717) is 18.8 Å². The summed E-state index contributed by atoms with van der Waals surface area (Å²) >= 11 is 0. The van der Waals surface area contributed by atoms with Crippen molar-refractivity contribution in [1.82, 2.24) is 4.98 Å². The van der Waals surface area contributed by atoms with E-state index in [-0.39, 0.29) is 11.5 Å². The molecular formula is C12H14N2O4. The third-order valence-electron chi connectivity index (χ3n) is 2.87. The summed E-state index contributed by atoms with van der Waals surface area (Å²) in [5.74, 6) is -0.922. The van der Waals surface area contributed by atoms with Gasteiger partial charge < -0.3 is 9.84 Å². The summed E-state index contributed by atoms with van der Waals surface area (Å²) < 4.78 is 5.30. The molecule has 0 bridgehead atoms. The van der Waals surface area contributed by atoms with E-state index in [1.54, 1.807) is 7.05 Å². The monoisotopic (exact) mass is 250 g/mol. The van der Waals surface area contributed by atoms with Crippen molar-refractivity contribution >= 4 is 17.7 Å². The minimum absolute atomic E-state index is 0.104. The van der Waals surface area contributed by atoms with Crippen LogP contribution in [-0.4, -0.2) is 41.7 Å². The lowest BCUT2D eigenvalue weighted by atomic mass is 10.2. The highest BCUT2D eigenvalue weighted by Gasteiger charge is 2.27. The minimum Gasteiger partial charge on any atom is -0.478 e. The van der Waals surface area contributed by atoms with Crippen molar-refractivity contribution in [1.29, 1.82) is 0 Å². The van der Waals surface area contributed by atoms with Gasteiger partial charge >= 0.3 is 5.97 Å². The second-order valence-electron chi connectivity index (χ2n) is 4.11. The predicted octanol–water partition coefficient (Wildman–Crippen LogP) is 0.922. The number of aromatic carboxylic acids is 1. The number of pyridine rings is 1. The summed E-state index contributed by atoms with van der Waals surface area (Å²) in [6.45, 7) is 0.590. The van der Waals surface area contributed by atoms with E-state index in [4.69, 9.17) is 9.84 Å². The largest absolute Gasteiger partial charge is 0.478 e. The van der Waals surface area contributed by atoms with Crippen LogP contribution in [0, 0.1) is 0 Å². The number of hydrogen-bond donors (Lipinski definition) is 1. The van der Waals surface area contributed by atoms with Crippen molar-refractivity contribution in [3.05, 3.63) is 23.9 Å². The molecule has 1 aliphatic rings. The smallest absolute Gasteiger partial charge is 0.335 e. The van der Waals surface area contributed by atoms with Crippen LogP contribution in [-0.2, 0) is 9.53 Å². The van der Waals surface area contributed by atoms with Gasteiger partial charge in [-0.15, -0.1) is 0 Å². The Morgan fingerprint density at radius 3 is 2.94 bits per heavy atom. The van der Waals surface area contributed by atoms with Gasteiger partial charge in [0.25, 0.3) is 5.91 Å². The van der Waals surface area contributed by atoms with Crippen molar-refractivity contribution in [3.8, 4) is 0 Å². The van der Waals surface area contributed by atoms with Gasteiger partial charge in [0.1, 0.15) is 11.9 Å². The molecule has 1 fully saturated rings. The maximum absolute atomic E-state index is 12.0. The molecule has 0 spiro atoms. The number of ether oxygens (including phenoxy) is 1. The molecule has 0 saturated carbocycles. The highest BCUT2D eigenvalue weighted by molar-refractivity contribution is 5.96. The van der Waals surface area contributed by atoms with Crippen molar-refractivity contribution in [2.24, 2.45) is 0 Å². The van der Waals surface area contributed by atoms with Crippen LogP contribution >= 0.6 is 0 Å². The number of carboxylic acids is 1. The fourth-order valence-electron chi connectivity index (χ4n) is 1.84. The van der Waals surface area contributed by atoms with Gasteiger partial charge in [-0.1, -0.05) is 0 Å². The fourth-order valence-corrected chi connectivity index (χ4v) is 1.84. The number of rotatable bonds is 3. The third kappa shape index (κ3) is 2.48. The van der Waals surface area contributed by atoms with Crippen LogP contribution in [0.5, 0.6) is 0 Å². The average Bonchev–Trinajstić information content (AvgIpc) is 2.91. The van der Waals surface area contributed by atoms with Gasteiger partial charge in [-0.2, -0.15) is 0 Å². The fraction of sp³-hybridized carbons (Fsp3) is 0.417. The van der Waals surface area contributed by atoms with Gasteiger partial charge in [-0.3, -0.25) is 9.69 Å². The number of aromatic nitrogens is 1. The molecule has 1 aromatic heterocycles. The lowest BCUT2D eigenvalue weighted by Gasteiger charge is -2.19. The molecule has 1 saturated heterocycles. The number of likely N-dealkylation sites (N-methyl/N-ethyl adjacent to an activating group) is 1. The minimum atomic E-state index is -1.04. The van der Waals surface area contributed by atoms with E-state index >= 15 is 0 Å². The Labute approximate surface area is 104 Å². The average molecular weight is 250 g/mol. The molecule has 6 heteroatoms. The van der Waals surface area contributed by atoms with Crippen molar-refractivity contribution < 1.29 is 19.4 Å². The number of anilines is 1. The number of carboxylic acid groups (broad SMARTS) is 1. The molecule has 2 heterocycles. The quantitative estimate of drug-likeness (QED) is 0.862. The van der Waals surface area contributed by atoms with Crippen molar-refractivity contribution in [2.75, 3.05) is 18.6 Å². The molecule has 0 radical (unpaired) electrons. The van der Waals surface area contributed by atoms with Crippen LogP contribution in [0.15, 0.2) is 18.3 Å². The van der Waals surface area contributed by atoms with Crippen LogP contribution < -0.4 is 4.90 Å². The second kappa shape index (κ2) is 5.14. The first kappa shape index (κ1) is 12.5. The molecule has 1 amide bonds. The van der Waals surface area contributed by atoms with E-state index in [1.807, 2.05) is 0 Å². The highest BCUT2D eigenvalue weighted by Crippen LogP contribution is 2.18. The normalized spacial score (nSPS) is 18.6. The molecular weight excluding hydrogens is 236 g/mol. The Morgan fingerprint density at radius 1 is 1.56 bits per heavy atom. The van der Waals surface area contributed by atoms with E-state index in [9.17, 15) is 9.59 Å². The molecule has 1 aliphatic heterocycles. The Balaban J connectivity index is 2.17. The first-order chi connectivity index (χ1) is 8.59. The first-order valence-electron chi connectivity index (χ1n) is 5.68. The standard InChI is InChI=1S/C12H14N2O4/c1-14(11(15)9-3-2-6-18-9)10-7-8(12(16)17)4-5-13-10/h4-5,7,9H,2-3,6H2,1H3,(H,16,17). The first-order valence-corrected chi connectivity index (χ1v) is 5.68. The van der Waals surface area contributed by atoms with Crippen LogP contribution in [0.25, 0.3) is 0 Å². The zero-order valence-corrected chi connectivity index (χ0v) is 10.00. The second-order valence-corrected chi connectivity index (χ2v) is 4.11. The Hall–Kier alpha value is -1.95. The van der Waals surface area contributed by atoms with Crippen LogP contribution in [0.1, 0.15) is 23.2 Å². The highest BCUT2D eigenvalue weighted by atomic mass is 16.5. The summed E-state index contributed by atoms with van der Waals surface area (Å²) in [6.07, 6.45) is 2.50. The van der Waals surface area contributed by atoms with Gasteiger partial charge in [0.15, 0.2) is 0 Å².